The maximum Gasteiger partial charge on any atom is 0.228 e. The van der Waals surface area contributed by atoms with Crippen LogP contribution in [0.15, 0.2) is 35.1 Å². The Kier molecular flexibility index (Phi) is 3.46. The fraction of sp³-hybridized carbons (Fsp3) is 0.429. The number of pyridine rings is 2. The molecule has 1 N–H and O–H groups in total. The molecule has 1 fully saturated rings. The van der Waals surface area contributed by atoms with Crippen molar-refractivity contribution in [2.24, 2.45) is 5.92 Å². The number of oxazole rings is 1. The van der Waals surface area contributed by atoms with Crippen molar-refractivity contribution in [1.82, 2.24) is 19.9 Å². The predicted molar refractivity (Wildman–Crippen MR) is 108 cm³/mol. The van der Waals surface area contributed by atoms with Crippen molar-refractivity contribution in [1.29, 1.82) is 0 Å². The Morgan fingerprint density at radius 2 is 1.96 bits per heavy atom. The molecule has 0 bridgehead atoms. The molecular weight excluding hydrogens is 354 g/mol. The molecule has 1 amide bonds. The van der Waals surface area contributed by atoms with E-state index in [0.29, 0.717) is 53.6 Å². The molecular formula is C21H25N5O2. The molecule has 28 heavy (non-hydrogen) atoms. The highest BCUT2D eigenvalue weighted by atomic mass is 16.4. The Labute approximate surface area is 172 Å². The van der Waals surface area contributed by atoms with Crippen LogP contribution in [0.4, 0.5) is 5.82 Å². The Hall–Kier alpha value is -2.80. The van der Waals surface area contributed by atoms with E-state index in [1.165, 1.54) is 0 Å². The summed E-state index contributed by atoms with van der Waals surface area (Å²) in [6, 6.07) is 2.97. The van der Waals surface area contributed by atoms with E-state index in [4.69, 9.17) is 12.6 Å². The number of anilines is 1. The maximum atomic E-state index is 12.8. The highest BCUT2D eigenvalue weighted by molar-refractivity contribution is 5.94. The summed E-state index contributed by atoms with van der Waals surface area (Å²) in [7, 11) is 0. The molecule has 3 heterocycles. The van der Waals surface area contributed by atoms with Gasteiger partial charge in [0.25, 0.3) is 0 Å². The summed E-state index contributed by atoms with van der Waals surface area (Å²) in [5, 5.41) is 3.59. The molecule has 1 aliphatic rings. The van der Waals surface area contributed by atoms with Crippen molar-refractivity contribution >= 4 is 22.6 Å². The number of amides is 1. The minimum atomic E-state index is -2.72. The second-order valence-electron chi connectivity index (χ2n) is 7.09. The van der Waals surface area contributed by atoms with Crippen molar-refractivity contribution in [3.05, 3.63) is 36.6 Å². The number of carbonyl (C=O) groups excluding carboxylic acids is 1. The lowest BCUT2D eigenvalue weighted by atomic mass is 9.85. The molecule has 3 aromatic rings. The Bertz CT molecular complexity index is 1170. The number of carbonyl (C=O) groups is 1. The molecule has 1 aliphatic carbocycles. The van der Waals surface area contributed by atoms with Crippen LogP contribution in [-0.2, 0) is 4.79 Å². The number of hydrogen-bond acceptors (Lipinski definition) is 6. The van der Waals surface area contributed by atoms with Gasteiger partial charge in [0, 0.05) is 44.3 Å². The van der Waals surface area contributed by atoms with Crippen LogP contribution >= 0.6 is 0 Å². The lowest BCUT2D eigenvalue weighted by Crippen LogP contribution is -2.35. The fourth-order valence-electron chi connectivity index (χ4n) is 3.55. The third-order valence-corrected chi connectivity index (χ3v) is 5.16. The zero-order valence-corrected chi connectivity index (χ0v) is 15.5. The molecule has 0 aromatic carbocycles. The van der Waals surface area contributed by atoms with Gasteiger partial charge in [-0.2, -0.15) is 0 Å². The smallest absolute Gasteiger partial charge is 0.228 e. The van der Waals surface area contributed by atoms with Gasteiger partial charge in [-0.3, -0.25) is 9.78 Å². The van der Waals surface area contributed by atoms with Gasteiger partial charge in [-0.25, -0.2) is 9.97 Å². The molecule has 4 rings (SSSR count). The molecule has 146 valence electrons. The number of rotatable bonds is 4. The number of aryl methyl sites for hydroxylation is 1. The van der Waals surface area contributed by atoms with Gasteiger partial charge < -0.3 is 14.6 Å². The number of hydrogen-bond donors (Lipinski definition) is 1. The first kappa shape index (κ1) is 12.6. The predicted octanol–water partition coefficient (Wildman–Crippen LogP) is 3.65. The second kappa shape index (κ2) is 7.67. The topological polar surface area (TPSA) is 84.2 Å². The first-order valence-corrected chi connectivity index (χ1v) is 9.21. The third kappa shape index (κ3) is 3.89. The van der Waals surface area contributed by atoms with Crippen molar-refractivity contribution < 1.29 is 17.4 Å². The Morgan fingerprint density at radius 3 is 2.68 bits per heavy atom. The number of fused-ring (bicyclic) bond motifs is 1. The van der Waals surface area contributed by atoms with Crippen LogP contribution in [0.3, 0.4) is 0 Å². The lowest BCUT2D eigenvalue weighted by Gasteiger charge is -2.31. The van der Waals surface area contributed by atoms with Crippen LogP contribution in [0.1, 0.15) is 39.8 Å². The van der Waals surface area contributed by atoms with Crippen LogP contribution in [0, 0.1) is 12.8 Å². The van der Waals surface area contributed by atoms with Gasteiger partial charge in [0.2, 0.25) is 5.91 Å². The van der Waals surface area contributed by atoms with Crippen molar-refractivity contribution in [2.75, 3.05) is 19.3 Å². The van der Waals surface area contributed by atoms with Crippen LogP contribution in [-0.4, -0.2) is 45.8 Å². The highest BCUT2D eigenvalue weighted by Gasteiger charge is 2.27. The van der Waals surface area contributed by atoms with Gasteiger partial charge in [-0.1, -0.05) is 0 Å². The standard InChI is InChI=1S/C21H25N5O2/c1-13-22-12-19(28-13)16-8-15-9-20(24-11-18(15)23-10-16)25-21(27)14-4-6-17(7-5-14)26(2)3/h8-12,14,17H,4-7H2,1-3H3,(H,24,25,27)/i2D3,3D3. The molecule has 0 spiro atoms. The molecule has 7 heteroatoms. The van der Waals surface area contributed by atoms with E-state index in [1.807, 2.05) is 6.07 Å². The van der Waals surface area contributed by atoms with E-state index in [-0.39, 0.29) is 11.8 Å². The van der Waals surface area contributed by atoms with Crippen molar-refractivity contribution in [3.8, 4) is 11.3 Å². The molecule has 0 aliphatic heterocycles. The Morgan fingerprint density at radius 1 is 1.14 bits per heavy atom. The summed E-state index contributed by atoms with van der Waals surface area (Å²) < 4.78 is 51.1. The van der Waals surface area contributed by atoms with Crippen LogP contribution in [0.25, 0.3) is 22.2 Å². The average Bonchev–Trinajstić information content (AvgIpc) is 3.18. The summed E-state index contributed by atoms with van der Waals surface area (Å²) >= 11 is 0. The van der Waals surface area contributed by atoms with Gasteiger partial charge in [-0.05, 0) is 51.8 Å². The number of nitrogens with zero attached hydrogens (tertiary/aromatic N) is 4. The largest absolute Gasteiger partial charge is 0.441 e. The molecule has 7 nitrogen and oxygen atoms in total. The molecule has 1 saturated carbocycles. The average molecular weight is 386 g/mol. The van der Waals surface area contributed by atoms with Gasteiger partial charge in [0.15, 0.2) is 11.7 Å². The zero-order chi connectivity index (χ0) is 24.7. The van der Waals surface area contributed by atoms with E-state index < -0.39 is 20.0 Å². The van der Waals surface area contributed by atoms with Crippen molar-refractivity contribution in [2.45, 2.75) is 38.6 Å². The van der Waals surface area contributed by atoms with E-state index in [1.54, 1.807) is 31.6 Å². The fourth-order valence-corrected chi connectivity index (χ4v) is 3.55. The first-order chi connectivity index (χ1) is 15.9. The highest BCUT2D eigenvalue weighted by Crippen LogP contribution is 2.28. The quantitative estimate of drug-likeness (QED) is 0.738. The molecule has 0 unspecified atom stereocenters. The van der Waals surface area contributed by atoms with Crippen molar-refractivity contribution in [3.63, 3.8) is 0 Å². The van der Waals surface area contributed by atoms with E-state index in [2.05, 4.69) is 20.3 Å². The van der Waals surface area contributed by atoms with E-state index in [0.717, 1.165) is 10.9 Å². The van der Waals surface area contributed by atoms with Crippen LogP contribution in [0.5, 0.6) is 0 Å². The van der Waals surface area contributed by atoms with E-state index >= 15 is 0 Å². The summed E-state index contributed by atoms with van der Waals surface area (Å²) in [4.78, 5) is 26.2. The SMILES string of the molecule is [2H]C([2H])([2H])N(C1CCC(C(=O)Nc2cc3cc(-c4cnc(C)o4)cnc3cn2)CC1)C([2H])([2H])[2H]. The summed E-state index contributed by atoms with van der Waals surface area (Å²) in [6.45, 7) is -3.69. The third-order valence-electron chi connectivity index (χ3n) is 5.16. The van der Waals surface area contributed by atoms with Gasteiger partial charge >= 0.3 is 0 Å². The molecule has 0 radical (unpaired) electrons. The van der Waals surface area contributed by atoms with Gasteiger partial charge in [0.1, 0.15) is 5.82 Å². The van der Waals surface area contributed by atoms with Crippen LogP contribution < -0.4 is 5.32 Å². The summed E-state index contributed by atoms with van der Waals surface area (Å²) in [5.74, 6) is 0.932. The number of nitrogens with one attached hydrogen (secondary N) is 1. The molecule has 3 aromatic heterocycles. The second-order valence-corrected chi connectivity index (χ2v) is 7.09. The van der Waals surface area contributed by atoms with E-state index in [9.17, 15) is 4.79 Å². The summed E-state index contributed by atoms with van der Waals surface area (Å²) in [6.07, 6.45) is 6.27. The molecule has 0 saturated heterocycles. The minimum Gasteiger partial charge on any atom is -0.441 e. The van der Waals surface area contributed by atoms with Gasteiger partial charge in [0.05, 0.1) is 17.9 Å². The molecule has 0 atom stereocenters. The normalized spacial score (nSPS) is 23.9. The zero-order valence-electron chi connectivity index (χ0n) is 21.5. The lowest BCUT2D eigenvalue weighted by molar-refractivity contribution is -0.121. The van der Waals surface area contributed by atoms with Gasteiger partial charge in [-0.15, -0.1) is 0 Å². The Balaban J connectivity index is 1.43. The minimum absolute atomic E-state index is 0.227. The first-order valence-electron chi connectivity index (χ1n) is 12.2. The van der Waals surface area contributed by atoms with Crippen LogP contribution in [0.2, 0.25) is 0 Å². The summed E-state index contributed by atoms with van der Waals surface area (Å²) in [5.41, 5.74) is 1.41. The monoisotopic (exact) mass is 385 g/mol. The number of aromatic nitrogens is 3. The maximum absolute atomic E-state index is 12.8.